The fourth-order valence-electron chi connectivity index (χ4n) is 1.87. The van der Waals surface area contributed by atoms with Crippen LogP contribution < -0.4 is 5.32 Å². The smallest absolute Gasteiger partial charge is 0.0702 e. The summed E-state index contributed by atoms with van der Waals surface area (Å²) in [4.78, 5) is 2.72. The van der Waals surface area contributed by atoms with Gasteiger partial charge < -0.3 is 5.32 Å². The van der Waals surface area contributed by atoms with Crippen molar-refractivity contribution in [2.75, 3.05) is 6.54 Å². The second-order valence-electron chi connectivity index (χ2n) is 4.28. The minimum atomic E-state index is 0.280. The van der Waals surface area contributed by atoms with E-state index in [0.717, 1.165) is 13.0 Å². The number of rotatable bonds is 5. The molecule has 1 N–H and O–H groups in total. The molecule has 0 spiro atoms. The molecule has 1 unspecified atom stereocenters. The molecule has 0 saturated carbocycles. The Morgan fingerprint density at radius 1 is 1.47 bits per heavy atom. The number of nitrogens with zero attached hydrogens (tertiary/aromatic N) is 2. The van der Waals surface area contributed by atoms with Gasteiger partial charge >= 0.3 is 0 Å². The summed E-state index contributed by atoms with van der Waals surface area (Å²) >= 11 is 1.85. The topological polar surface area (TPSA) is 29.9 Å². The highest BCUT2D eigenvalue weighted by Crippen LogP contribution is 2.27. The fourth-order valence-corrected chi connectivity index (χ4v) is 2.85. The van der Waals surface area contributed by atoms with Crippen molar-refractivity contribution in [2.45, 2.75) is 26.3 Å². The molecule has 2 aromatic heterocycles. The van der Waals surface area contributed by atoms with Crippen LogP contribution in [-0.4, -0.2) is 16.3 Å². The van der Waals surface area contributed by atoms with Gasteiger partial charge in [-0.05, 0) is 32.0 Å². The number of aromatic nitrogens is 2. The third-order valence-corrected chi connectivity index (χ3v) is 3.77. The molecular weight excluding hydrogens is 230 g/mol. The van der Waals surface area contributed by atoms with Gasteiger partial charge in [-0.25, -0.2) is 0 Å². The summed E-state index contributed by atoms with van der Waals surface area (Å²) in [5.74, 6) is 0. The molecule has 0 aliphatic rings. The lowest BCUT2D eigenvalue weighted by atomic mass is 10.1. The predicted molar refractivity (Wildman–Crippen MR) is 72.4 cm³/mol. The average molecular weight is 249 g/mol. The minimum absolute atomic E-state index is 0.280. The van der Waals surface area contributed by atoms with Gasteiger partial charge in [-0.15, -0.1) is 11.3 Å². The Kier molecular flexibility index (Phi) is 3.97. The van der Waals surface area contributed by atoms with Crippen molar-refractivity contribution in [1.82, 2.24) is 15.1 Å². The van der Waals surface area contributed by atoms with E-state index in [4.69, 9.17) is 0 Å². The summed E-state index contributed by atoms with van der Waals surface area (Å²) in [7, 11) is 1.96. The van der Waals surface area contributed by atoms with Crippen LogP contribution in [0, 0.1) is 6.92 Å². The molecule has 0 amide bonds. The lowest BCUT2D eigenvalue weighted by Gasteiger charge is -2.15. The lowest BCUT2D eigenvalue weighted by molar-refractivity contribution is 0.605. The van der Waals surface area contributed by atoms with Crippen LogP contribution in [0.1, 0.15) is 34.7 Å². The lowest BCUT2D eigenvalue weighted by Crippen LogP contribution is -2.22. The normalized spacial score (nSPS) is 12.9. The standard InChI is InChI=1S/C13H19N3S/c1-4-7-14-13(11-8-15-16(3)9-11)12-6-5-10(2)17-12/h5-6,8-9,13-14H,4,7H2,1-3H3. The van der Waals surface area contributed by atoms with Crippen LogP contribution in [0.5, 0.6) is 0 Å². The summed E-state index contributed by atoms with van der Waals surface area (Å²) in [6.07, 6.45) is 5.17. The zero-order chi connectivity index (χ0) is 12.3. The Balaban J connectivity index is 2.24. The van der Waals surface area contributed by atoms with Gasteiger partial charge in [-0.2, -0.15) is 5.10 Å². The summed E-state index contributed by atoms with van der Waals surface area (Å²) in [5.41, 5.74) is 1.24. The third kappa shape index (κ3) is 2.96. The van der Waals surface area contributed by atoms with Crippen molar-refractivity contribution in [3.05, 3.63) is 39.8 Å². The maximum absolute atomic E-state index is 4.26. The summed E-state index contributed by atoms with van der Waals surface area (Å²) in [6.45, 7) is 5.36. The molecule has 0 aliphatic carbocycles. The van der Waals surface area contributed by atoms with Gasteiger partial charge in [-0.1, -0.05) is 6.92 Å². The monoisotopic (exact) mass is 249 g/mol. The summed E-state index contributed by atoms with van der Waals surface area (Å²) in [5, 5.41) is 7.84. The van der Waals surface area contributed by atoms with Crippen LogP contribution in [-0.2, 0) is 7.05 Å². The van der Waals surface area contributed by atoms with Gasteiger partial charge in [0.25, 0.3) is 0 Å². The molecule has 1 atom stereocenters. The van der Waals surface area contributed by atoms with Crippen molar-refractivity contribution >= 4 is 11.3 Å². The van der Waals surface area contributed by atoms with Gasteiger partial charge in [-0.3, -0.25) is 4.68 Å². The third-order valence-electron chi connectivity index (χ3n) is 2.70. The van der Waals surface area contributed by atoms with Crippen molar-refractivity contribution in [3.8, 4) is 0 Å². The van der Waals surface area contributed by atoms with Crippen molar-refractivity contribution in [3.63, 3.8) is 0 Å². The Morgan fingerprint density at radius 3 is 2.82 bits per heavy atom. The van der Waals surface area contributed by atoms with Crippen LogP contribution in [0.4, 0.5) is 0 Å². The minimum Gasteiger partial charge on any atom is -0.306 e. The fraction of sp³-hybridized carbons (Fsp3) is 0.462. The van der Waals surface area contributed by atoms with Crippen LogP contribution in [0.3, 0.4) is 0 Å². The molecule has 2 aromatic rings. The van der Waals surface area contributed by atoms with E-state index in [9.17, 15) is 0 Å². The van der Waals surface area contributed by atoms with E-state index in [-0.39, 0.29) is 6.04 Å². The highest BCUT2D eigenvalue weighted by atomic mass is 32.1. The molecule has 4 heteroatoms. The Morgan fingerprint density at radius 2 is 2.29 bits per heavy atom. The first-order valence-corrected chi connectivity index (χ1v) is 6.80. The molecule has 2 rings (SSSR count). The second-order valence-corrected chi connectivity index (χ2v) is 5.60. The first kappa shape index (κ1) is 12.3. The molecule has 0 aromatic carbocycles. The zero-order valence-electron chi connectivity index (χ0n) is 10.6. The number of aryl methyl sites for hydroxylation is 2. The molecular formula is C13H19N3S. The van der Waals surface area contributed by atoms with Crippen LogP contribution in [0.15, 0.2) is 24.5 Å². The van der Waals surface area contributed by atoms with Crippen molar-refractivity contribution in [2.24, 2.45) is 7.05 Å². The maximum atomic E-state index is 4.26. The molecule has 0 bridgehead atoms. The van der Waals surface area contributed by atoms with Gasteiger partial charge in [0.1, 0.15) is 0 Å². The van der Waals surface area contributed by atoms with E-state index in [1.165, 1.54) is 15.3 Å². The van der Waals surface area contributed by atoms with Crippen LogP contribution in [0.25, 0.3) is 0 Å². The molecule has 0 aliphatic heterocycles. The number of nitrogens with one attached hydrogen (secondary N) is 1. The molecule has 0 radical (unpaired) electrons. The Bertz CT molecular complexity index is 432. The summed E-state index contributed by atoms with van der Waals surface area (Å²) in [6, 6.07) is 4.67. The maximum Gasteiger partial charge on any atom is 0.0702 e. The van der Waals surface area contributed by atoms with E-state index in [2.05, 4.69) is 42.6 Å². The van der Waals surface area contributed by atoms with E-state index in [0.29, 0.717) is 0 Å². The Hall–Kier alpha value is -1.13. The quantitative estimate of drug-likeness (QED) is 0.883. The van der Waals surface area contributed by atoms with Gasteiger partial charge in [0, 0.05) is 28.6 Å². The second kappa shape index (κ2) is 5.47. The van der Waals surface area contributed by atoms with Crippen LogP contribution >= 0.6 is 11.3 Å². The van der Waals surface area contributed by atoms with Crippen molar-refractivity contribution in [1.29, 1.82) is 0 Å². The van der Waals surface area contributed by atoms with E-state index in [1.54, 1.807) is 0 Å². The zero-order valence-corrected chi connectivity index (χ0v) is 11.4. The first-order valence-electron chi connectivity index (χ1n) is 5.99. The molecule has 3 nitrogen and oxygen atoms in total. The molecule has 0 saturated heterocycles. The van der Waals surface area contributed by atoms with Gasteiger partial charge in [0.15, 0.2) is 0 Å². The highest BCUT2D eigenvalue weighted by Gasteiger charge is 2.16. The number of thiophene rings is 1. The molecule has 17 heavy (non-hydrogen) atoms. The average Bonchev–Trinajstić information content (AvgIpc) is 2.89. The highest BCUT2D eigenvalue weighted by molar-refractivity contribution is 7.12. The SMILES string of the molecule is CCCNC(c1cnn(C)c1)c1ccc(C)s1. The molecule has 92 valence electrons. The van der Waals surface area contributed by atoms with E-state index >= 15 is 0 Å². The van der Waals surface area contributed by atoms with Crippen molar-refractivity contribution < 1.29 is 0 Å². The van der Waals surface area contributed by atoms with Crippen LogP contribution in [0.2, 0.25) is 0 Å². The summed E-state index contributed by atoms with van der Waals surface area (Å²) < 4.78 is 1.86. The number of hydrogen-bond acceptors (Lipinski definition) is 3. The van der Waals surface area contributed by atoms with Gasteiger partial charge in [0.2, 0.25) is 0 Å². The van der Waals surface area contributed by atoms with E-state index in [1.807, 2.05) is 29.3 Å². The largest absolute Gasteiger partial charge is 0.306 e. The molecule has 0 fully saturated rings. The first-order chi connectivity index (χ1) is 8.20. The van der Waals surface area contributed by atoms with E-state index < -0.39 is 0 Å². The predicted octanol–water partition coefficient (Wildman–Crippen LogP) is 2.88. The Labute approximate surface area is 106 Å². The number of hydrogen-bond donors (Lipinski definition) is 1. The molecule has 2 heterocycles. The van der Waals surface area contributed by atoms with Gasteiger partial charge in [0.05, 0.1) is 12.2 Å².